The van der Waals surface area contributed by atoms with Gasteiger partial charge >= 0.3 is 5.97 Å². The first-order valence-corrected chi connectivity index (χ1v) is 3.40. The summed E-state index contributed by atoms with van der Waals surface area (Å²) in [6, 6.07) is 6.38. The molecule has 0 aliphatic heterocycles. The Morgan fingerprint density at radius 1 is 1.62 bits per heavy atom. The van der Waals surface area contributed by atoms with Gasteiger partial charge in [0.15, 0.2) is 0 Å². The zero-order valence-corrected chi connectivity index (χ0v) is 6.81. The number of nitrogens with zero attached hydrogens (tertiary/aromatic N) is 1. The van der Waals surface area contributed by atoms with Crippen molar-refractivity contribution >= 4 is 11.7 Å². The number of non-ortho nitro benzene ring substituents is 1. The number of hydrogen-bond acceptors (Lipinski definition) is 4. The van der Waals surface area contributed by atoms with Gasteiger partial charge in [-0.3, -0.25) is 10.1 Å². The standard InChI is InChI=1S/C8H6NO4/c1-13-8(10)6-3-2-4-7(5-6)9(11)12/h2-4H,1H3. The molecule has 0 amide bonds. The van der Waals surface area contributed by atoms with Gasteiger partial charge in [-0.25, -0.2) is 4.79 Å². The third-order valence-corrected chi connectivity index (χ3v) is 1.38. The Kier molecular flexibility index (Phi) is 2.59. The van der Waals surface area contributed by atoms with Crippen LogP contribution in [0.5, 0.6) is 0 Å². The number of benzene rings is 1. The number of carbonyl (C=O) groups excluding carboxylic acids is 1. The van der Waals surface area contributed by atoms with Crippen molar-refractivity contribution in [1.29, 1.82) is 0 Å². The fraction of sp³-hybridized carbons (Fsp3) is 0.125. The minimum atomic E-state index is -0.635. The van der Waals surface area contributed by atoms with Crippen LogP contribution in [0.25, 0.3) is 0 Å². The maximum atomic E-state index is 10.9. The summed E-state index contributed by atoms with van der Waals surface area (Å²) in [6.45, 7) is 0. The van der Waals surface area contributed by atoms with Gasteiger partial charge in [0.25, 0.3) is 5.69 Å². The highest BCUT2D eigenvalue weighted by molar-refractivity contribution is 5.89. The first-order valence-electron chi connectivity index (χ1n) is 3.40. The number of esters is 1. The third kappa shape index (κ3) is 2.02. The first kappa shape index (κ1) is 9.18. The average molecular weight is 180 g/mol. The Hall–Kier alpha value is -1.91. The number of hydrogen-bond donors (Lipinski definition) is 0. The minimum absolute atomic E-state index is 0.0525. The van der Waals surface area contributed by atoms with Gasteiger partial charge in [0, 0.05) is 6.07 Å². The van der Waals surface area contributed by atoms with Crippen LogP contribution in [0.1, 0.15) is 10.4 Å². The summed E-state index contributed by atoms with van der Waals surface area (Å²) in [6.07, 6.45) is 0. The molecule has 1 radical (unpaired) electrons. The lowest BCUT2D eigenvalue weighted by Gasteiger charge is -1.96. The molecule has 0 atom stereocenters. The smallest absolute Gasteiger partial charge is 0.338 e. The predicted octanol–water partition coefficient (Wildman–Crippen LogP) is 1.18. The highest BCUT2D eigenvalue weighted by Gasteiger charge is 2.11. The molecule has 13 heavy (non-hydrogen) atoms. The van der Waals surface area contributed by atoms with Gasteiger partial charge < -0.3 is 4.74 Å². The van der Waals surface area contributed by atoms with Crippen LogP contribution in [0.4, 0.5) is 5.69 Å². The zero-order valence-electron chi connectivity index (χ0n) is 6.81. The van der Waals surface area contributed by atoms with Crippen molar-refractivity contribution in [3.8, 4) is 0 Å². The molecule has 0 fully saturated rings. The molecule has 67 valence electrons. The number of ether oxygens (including phenoxy) is 1. The summed E-state index contributed by atoms with van der Waals surface area (Å²) in [5.74, 6) is -0.635. The molecule has 0 heterocycles. The maximum Gasteiger partial charge on any atom is 0.338 e. The fourth-order valence-electron chi connectivity index (χ4n) is 0.792. The van der Waals surface area contributed by atoms with Crippen molar-refractivity contribution in [3.05, 3.63) is 39.9 Å². The van der Waals surface area contributed by atoms with Gasteiger partial charge in [0.2, 0.25) is 0 Å². The predicted molar refractivity (Wildman–Crippen MR) is 43.3 cm³/mol. The molecule has 1 aromatic rings. The largest absolute Gasteiger partial charge is 0.465 e. The Morgan fingerprint density at radius 2 is 2.31 bits per heavy atom. The van der Waals surface area contributed by atoms with Gasteiger partial charge in [-0.05, 0) is 6.07 Å². The van der Waals surface area contributed by atoms with E-state index in [-0.39, 0.29) is 11.3 Å². The lowest BCUT2D eigenvalue weighted by Crippen LogP contribution is -2.01. The fourth-order valence-corrected chi connectivity index (χ4v) is 0.792. The molecule has 5 nitrogen and oxygen atoms in total. The van der Waals surface area contributed by atoms with Gasteiger partial charge in [-0.15, -0.1) is 0 Å². The number of carbonyl (C=O) groups is 1. The quantitative estimate of drug-likeness (QED) is 0.389. The van der Waals surface area contributed by atoms with E-state index >= 15 is 0 Å². The van der Waals surface area contributed by atoms with Crippen molar-refractivity contribution < 1.29 is 14.5 Å². The van der Waals surface area contributed by atoms with E-state index in [4.69, 9.17) is 0 Å². The van der Waals surface area contributed by atoms with Crippen LogP contribution in [0, 0.1) is 16.2 Å². The summed E-state index contributed by atoms with van der Waals surface area (Å²) < 4.78 is 4.38. The van der Waals surface area contributed by atoms with Crippen molar-refractivity contribution in [2.45, 2.75) is 0 Å². The molecule has 0 unspecified atom stereocenters. The molecule has 5 heteroatoms. The van der Waals surface area contributed by atoms with Crippen LogP contribution in [-0.2, 0) is 4.74 Å². The molecular weight excluding hydrogens is 174 g/mol. The number of rotatable bonds is 2. The van der Waals surface area contributed by atoms with Gasteiger partial charge in [0.1, 0.15) is 0 Å². The highest BCUT2D eigenvalue weighted by atomic mass is 16.6. The van der Waals surface area contributed by atoms with Crippen molar-refractivity contribution in [2.75, 3.05) is 7.11 Å². The Morgan fingerprint density at radius 3 is 2.85 bits per heavy atom. The van der Waals surface area contributed by atoms with Crippen LogP contribution in [0.15, 0.2) is 18.2 Å². The molecule has 0 saturated carbocycles. The van der Waals surface area contributed by atoms with E-state index in [0.717, 1.165) is 0 Å². The lowest BCUT2D eigenvalue weighted by atomic mass is 10.2. The van der Waals surface area contributed by atoms with Crippen LogP contribution in [0.2, 0.25) is 0 Å². The third-order valence-electron chi connectivity index (χ3n) is 1.38. The summed E-state index contributed by atoms with van der Waals surface area (Å²) >= 11 is 0. The summed E-state index contributed by atoms with van der Waals surface area (Å²) in [7, 11) is 1.20. The second kappa shape index (κ2) is 3.66. The molecule has 1 rings (SSSR count). The van der Waals surface area contributed by atoms with Crippen LogP contribution in [0.3, 0.4) is 0 Å². The zero-order chi connectivity index (χ0) is 9.84. The van der Waals surface area contributed by atoms with Crippen molar-refractivity contribution in [2.24, 2.45) is 0 Å². The lowest BCUT2D eigenvalue weighted by molar-refractivity contribution is -0.385. The Balaban J connectivity index is 3.05. The van der Waals surface area contributed by atoms with Gasteiger partial charge in [-0.1, -0.05) is 6.07 Å². The van der Waals surface area contributed by atoms with Crippen LogP contribution >= 0.6 is 0 Å². The Bertz CT molecular complexity index is 348. The molecular formula is C8H6NO4. The molecule has 0 bridgehead atoms. The topological polar surface area (TPSA) is 69.4 Å². The highest BCUT2D eigenvalue weighted by Crippen LogP contribution is 2.12. The van der Waals surface area contributed by atoms with E-state index in [9.17, 15) is 14.9 Å². The Labute approximate surface area is 74.1 Å². The monoisotopic (exact) mass is 180 g/mol. The second-order valence-corrected chi connectivity index (χ2v) is 2.20. The average Bonchev–Trinajstić information content (AvgIpc) is 2.17. The van der Waals surface area contributed by atoms with E-state index in [2.05, 4.69) is 10.8 Å². The van der Waals surface area contributed by atoms with E-state index < -0.39 is 10.9 Å². The van der Waals surface area contributed by atoms with E-state index in [1.54, 1.807) is 0 Å². The van der Waals surface area contributed by atoms with Crippen LogP contribution < -0.4 is 0 Å². The molecule has 0 N–H and O–H groups in total. The number of nitro groups is 1. The van der Waals surface area contributed by atoms with E-state index in [1.165, 1.54) is 25.3 Å². The second-order valence-electron chi connectivity index (χ2n) is 2.20. The maximum absolute atomic E-state index is 10.9. The number of nitro benzene ring substituents is 1. The normalized spacial score (nSPS) is 9.31. The van der Waals surface area contributed by atoms with Gasteiger partial charge in [-0.2, -0.15) is 0 Å². The van der Waals surface area contributed by atoms with E-state index in [1.807, 2.05) is 0 Å². The molecule has 1 aromatic carbocycles. The summed E-state index contributed by atoms with van der Waals surface area (Å²) in [4.78, 5) is 20.6. The van der Waals surface area contributed by atoms with E-state index in [0.29, 0.717) is 0 Å². The SMILES string of the molecule is COC(=O)c1[c]c([N+](=O)[O-])ccc1. The van der Waals surface area contributed by atoms with Crippen molar-refractivity contribution in [3.63, 3.8) is 0 Å². The summed E-state index contributed by atoms with van der Waals surface area (Å²) in [5, 5.41) is 10.3. The van der Waals surface area contributed by atoms with Gasteiger partial charge in [0.05, 0.1) is 23.7 Å². The van der Waals surface area contributed by atoms with Crippen molar-refractivity contribution in [1.82, 2.24) is 0 Å². The molecule has 0 spiro atoms. The molecule has 0 saturated heterocycles. The molecule has 0 aliphatic rings. The minimum Gasteiger partial charge on any atom is -0.465 e. The first-order chi connectivity index (χ1) is 6.15. The molecule has 0 aliphatic carbocycles. The summed E-state index contributed by atoms with van der Waals surface area (Å²) in [5.41, 5.74) is -0.195. The van der Waals surface area contributed by atoms with Crippen LogP contribution in [-0.4, -0.2) is 18.0 Å². The molecule has 0 aromatic heterocycles. The number of methoxy groups -OCH3 is 1.